The molecule has 0 spiro atoms. The van der Waals surface area contributed by atoms with Crippen molar-refractivity contribution in [3.8, 4) is 5.75 Å². The van der Waals surface area contributed by atoms with Crippen molar-refractivity contribution in [2.24, 2.45) is 0 Å². The van der Waals surface area contributed by atoms with E-state index in [4.69, 9.17) is 9.47 Å². The number of benzene rings is 2. The molecule has 28 heavy (non-hydrogen) atoms. The van der Waals surface area contributed by atoms with Crippen molar-refractivity contribution in [3.05, 3.63) is 64.2 Å². The predicted octanol–water partition coefficient (Wildman–Crippen LogP) is 2.75. The highest BCUT2D eigenvalue weighted by atomic mass is 16.6. The Morgan fingerprint density at radius 2 is 1.86 bits per heavy atom. The Morgan fingerprint density at radius 1 is 1.14 bits per heavy atom. The van der Waals surface area contributed by atoms with Gasteiger partial charge in [-0.15, -0.1) is 0 Å². The summed E-state index contributed by atoms with van der Waals surface area (Å²) in [6, 6.07) is 11.9. The fourth-order valence-electron chi connectivity index (χ4n) is 2.21. The van der Waals surface area contributed by atoms with Crippen LogP contribution in [-0.4, -0.2) is 35.3 Å². The fourth-order valence-corrected chi connectivity index (χ4v) is 2.21. The molecule has 0 aliphatic carbocycles. The number of nitro groups is 1. The monoisotopic (exact) mass is 386 g/mol. The third-order valence-electron chi connectivity index (χ3n) is 3.62. The minimum absolute atomic E-state index is 0.0809. The number of Topliss-reactive ketones (excluding diaryl/α,β-unsaturated/α-hetero) is 1. The smallest absolute Gasteiger partial charge is 0.344 e. The van der Waals surface area contributed by atoms with Crippen molar-refractivity contribution in [1.29, 1.82) is 0 Å². The summed E-state index contributed by atoms with van der Waals surface area (Å²) in [5.74, 6) is -1.69. The molecule has 0 unspecified atom stereocenters. The first-order valence-corrected chi connectivity index (χ1v) is 8.25. The number of para-hydroxylation sites is 2. The van der Waals surface area contributed by atoms with E-state index in [1.54, 1.807) is 18.2 Å². The van der Waals surface area contributed by atoms with Crippen LogP contribution in [0.4, 0.5) is 11.4 Å². The van der Waals surface area contributed by atoms with Crippen molar-refractivity contribution >= 4 is 29.0 Å². The Hall–Kier alpha value is -3.75. The van der Waals surface area contributed by atoms with E-state index < -0.39 is 29.5 Å². The predicted molar refractivity (Wildman–Crippen MR) is 99.2 cm³/mol. The highest BCUT2D eigenvalue weighted by Gasteiger charge is 2.20. The third-order valence-corrected chi connectivity index (χ3v) is 3.62. The van der Waals surface area contributed by atoms with Crippen molar-refractivity contribution in [2.75, 3.05) is 11.9 Å². The molecule has 2 aromatic carbocycles. The molecule has 0 aliphatic rings. The minimum atomic E-state index is -1.14. The zero-order valence-corrected chi connectivity index (χ0v) is 15.2. The molecule has 146 valence electrons. The highest BCUT2D eigenvalue weighted by Crippen LogP contribution is 2.25. The van der Waals surface area contributed by atoms with Crippen LogP contribution in [0.3, 0.4) is 0 Å². The average Bonchev–Trinajstić information content (AvgIpc) is 2.66. The van der Waals surface area contributed by atoms with Crippen LogP contribution >= 0.6 is 0 Å². The van der Waals surface area contributed by atoms with Crippen LogP contribution in [0.5, 0.6) is 5.75 Å². The van der Waals surface area contributed by atoms with Crippen molar-refractivity contribution in [3.63, 3.8) is 0 Å². The summed E-state index contributed by atoms with van der Waals surface area (Å²) in [5, 5.41) is 13.5. The van der Waals surface area contributed by atoms with Gasteiger partial charge in [0.25, 0.3) is 5.91 Å². The zero-order chi connectivity index (χ0) is 20.7. The minimum Gasteiger partial charge on any atom is -0.475 e. The first-order valence-electron chi connectivity index (χ1n) is 8.25. The van der Waals surface area contributed by atoms with Crippen LogP contribution < -0.4 is 10.1 Å². The van der Waals surface area contributed by atoms with Crippen molar-refractivity contribution < 1.29 is 28.8 Å². The molecule has 0 aliphatic heterocycles. The number of amides is 1. The van der Waals surface area contributed by atoms with Crippen LogP contribution in [0.25, 0.3) is 0 Å². The van der Waals surface area contributed by atoms with Gasteiger partial charge in [0.1, 0.15) is 0 Å². The lowest BCUT2D eigenvalue weighted by Crippen LogP contribution is -2.31. The molecule has 1 atom stereocenters. The lowest BCUT2D eigenvalue weighted by Gasteiger charge is -2.14. The van der Waals surface area contributed by atoms with Crippen LogP contribution in [-0.2, 0) is 14.3 Å². The molecule has 9 nitrogen and oxygen atoms in total. The largest absolute Gasteiger partial charge is 0.475 e. The molecule has 0 saturated carbocycles. The number of carbonyl (C=O) groups excluding carboxylic acids is 3. The third kappa shape index (κ3) is 5.63. The standard InChI is InChI=1S/C19H18N2O7/c1-12(22)14-6-5-7-15(10-14)20-19(24)13(2)28-18(23)11-27-17-9-4-3-8-16(17)21(25)26/h3-10,13H,11H2,1-2H3,(H,20,24)/t13-/m0/s1. The maximum absolute atomic E-state index is 12.1. The van der Waals surface area contributed by atoms with E-state index in [9.17, 15) is 24.5 Å². The summed E-state index contributed by atoms with van der Waals surface area (Å²) in [6.07, 6.45) is -1.14. The Labute approximate surface area is 160 Å². The second kappa shape index (κ2) is 9.26. The van der Waals surface area contributed by atoms with Gasteiger partial charge in [0.15, 0.2) is 24.2 Å². The van der Waals surface area contributed by atoms with E-state index in [-0.39, 0.29) is 17.2 Å². The van der Waals surface area contributed by atoms with Gasteiger partial charge in [0.05, 0.1) is 4.92 Å². The molecule has 1 N–H and O–H groups in total. The number of nitrogens with zero attached hydrogens (tertiary/aromatic N) is 1. The lowest BCUT2D eigenvalue weighted by atomic mass is 10.1. The van der Waals surface area contributed by atoms with Gasteiger partial charge >= 0.3 is 11.7 Å². The van der Waals surface area contributed by atoms with Crippen LogP contribution in [0.15, 0.2) is 48.5 Å². The zero-order valence-electron chi connectivity index (χ0n) is 15.2. The molecular formula is C19H18N2O7. The average molecular weight is 386 g/mol. The number of ether oxygens (including phenoxy) is 2. The number of rotatable bonds is 8. The molecule has 0 heterocycles. The van der Waals surface area contributed by atoms with E-state index in [1.165, 1.54) is 44.2 Å². The van der Waals surface area contributed by atoms with E-state index in [0.29, 0.717) is 11.3 Å². The molecule has 2 rings (SSSR count). The number of anilines is 1. The summed E-state index contributed by atoms with van der Waals surface area (Å²) in [6.45, 7) is 2.18. The van der Waals surface area contributed by atoms with Crippen LogP contribution in [0, 0.1) is 10.1 Å². The SMILES string of the molecule is CC(=O)c1cccc(NC(=O)[C@H](C)OC(=O)COc2ccccc2[N+](=O)[O-])c1. The summed E-state index contributed by atoms with van der Waals surface area (Å²) in [4.78, 5) is 45.7. The second-order valence-corrected chi connectivity index (χ2v) is 5.77. The maximum Gasteiger partial charge on any atom is 0.344 e. The number of nitrogens with one attached hydrogen (secondary N) is 1. The highest BCUT2D eigenvalue weighted by molar-refractivity contribution is 5.98. The maximum atomic E-state index is 12.1. The van der Waals surface area contributed by atoms with Gasteiger partial charge < -0.3 is 14.8 Å². The van der Waals surface area contributed by atoms with Crippen LogP contribution in [0.2, 0.25) is 0 Å². The summed E-state index contributed by atoms with van der Waals surface area (Å²) >= 11 is 0. The number of hydrogen-bond acceptors (Lipinski definition) is 7. The number of nitro benzene ring substituents is 1. The van der Waals surface area contributed by atoms with E-state index in [1.807, 2.05) is 0 Å². The van der Waals surface area contributed by atoms with Crippen molar-refractivity contribution in [2.45, 2.75) is 20.0 Å². The Balaban J connectivity index is 1.90. The number of hydrogen-bond donors (Lipinski definition) is 1. The van der Waals surface area contributed by atoms with Gasteiger partial charge in [-0.1, -0.05) is 24.3 Å². The van der Waals surface area contributed by atoms with Gasteiger partial charge in [0.2, 0.25) is 0 Å². The molecule has 2 aromatic rings. The van der Waals surface area contributed by atoms with Crippen molar-refractivity contribution in [1.82, 2.24) is 0 Å². The molecule has 0 fully saturated rings. The summed E-state index contributed by atoms with van der Waals surface area (Å²) < 4.78 is 10.1. The molecule has 1 amide bonds. The number of esters is 1. The van der Waals surface area contributed by atoms with Gasteiger partial charge in [-0.2, -0.15) is 0 Å². The van der Waals surface area contributed by atoms with E-state index in [2.05, 4.69) is 5.32 Å². The quantitative estimate of drug-likeness (QED) is 0.320. The molecule has 0 radical (unpaired) electrons. The first kappa shape index (κ1) is 20.6. The van der Waals surface area contributed by atoms with Crippen LogP contribution in [0.1, 0.15) is 24.2 Å². The van der Waals surface area contributed by atoms with Gasteiger partial charge in [0, 0.05) is 17.3 Å². The summed E-state index contributed by atoms with van der Waals surface area (Å²) in [5.41, 5.74) is 0.531. The Morgan fingerprint density at radius 3 is 2.54 bits per heavy atom. The lowest BCUT2D eigenvalue weighted by molar-refractivity contribution is -0.385. The van der Waals surface area contributed by atoms with E-state index in [0.717, 1.165) is 0 Å². The topological polar surface area (TPSA) is 125 Å². The molecule has 9 heteroatoms. The fraction of sp³-hybridized carbons (Fsp3) is 0.211. The Bertz CT molecular complexity index is 911. The second-order valence-electron chi connectivity index (χ2n) is 5.77. The molecule has 0 saturated heterocycles. The number of ketones is 1. The number of carbonyl (C=O) groups is 3. The summed E-state index contributed by atoms with van der Waals surface area (Å²) in [7, 11) is 0. The van der Waals surface area contributed by atoms with Gasteiger partial charge in [-0.25, -0.2) is 4.79 Å². The van der Waals surface area contributed by atoms with Gasteiger partial charge in [-0.3, -0.25) is 19.7 Å². The van der Waals surface area contributed by atoms with Gasteiger partial charge in [-0.05, 0) is 32.0 Å². The molecular weight excluding hydrogens is 368 g/mol. The van der Waals surface area contributed by atoms with E-state index >= 15 is 0 Å². The Kier molecular flexibility index (Phi) is 6.80. The first-order chi connectivity index (χ1) is 13.3. The molecule has 0 aromatic heterocycles. The normalized spacial score (nSPS) is 11.2. The molecule has 0 bridgehead atoms.